The third-order valence-electron chi connectivity index (χ3n) is 4.96. The fourth-order valence-corrected chi connectivity index (χ4v) is 3.30. The number of amides is 1. The maximum Gasteiger partial charge on any atom is 0.263 e. The summed E-state index contributed by atoms with van der Waals surface area (Å²) < 4.78 is 12.9. The number of aromatic nitrogens is 2. The van der Waals surface area contributed by atoms with Crippen molar-refractivity contribution in [2.45, 2.75) is 32.7 Å². The van der Waals surface area contributed by atoms with Crippen LogP contribution < -0.4 is 20.3 Å². The number of benzene rings is 1. The van der Waals surface area contributed by atoms with Crippen LogP contribution in [0.1, 0.15) is 42.1 Å². The molecule has 7 nitrogen and oxygen atoms in total. The summed E-state index contributed by atoms with van der Waals surface area (Å²) in [5.41, 5.74) is 1.22. The highest BCUT2D eigenvalue weighted by atomic mass is 16.5. The number of unbranched alkanes of at least 4 members (excludes halogenated alkanes) is 2. The van der Waals surface area contributed by atoms with Gasteiger partial charge in [-0.15, -0.1) is 0 Å². The monoisotopic (exact) mass is 409 g/mol. The van der Waals surface area contributed by atoms with Crippen LogP contribution in [0.25, 0.3) is 10.9 Å². The molecular formula is C23H27N3O4. The van der Waals surface area contributed by atoms with Crippen molar-refractivity contribution in [2.75, 3.05) is 13.7 Å². The first kappa shape index (κ1) is 21.4. The van der Waals surface area contributed by atoms with E-state index in [0.717, 1.165) is 30.2 Å². The van der Waals surface area contributed by atoms with Crippen LogP contribution >= 0.6 is 0 Å². The predicted molar refractivity (Wildman–Crippen MR) is 116 cm³/mol. The van der Waals surface area contributed by atoms with E-state index in [9.17, 15) is 9.59 Å². The van der Waals surface area contributed by atoms with E-state index in [1.54, 1.807) is 38.7 Å². The molecule has 1 aromatic carbocycles. The molecule has 1 amide bonds. The molecule has 0 unspecified atom stereocenters. The van der Waals surface area contributed by atoms with Crippen LogP contribution in [0, 0.1) is 0 Å². The maximum atomic E-state index is 13.0. The minimum Gasteiger partial charge on any atom is -0.493 e. The first-order chi connectivity index (χ1) is 14.6. The zero-order valence-electron chi connectivity index (χ0n) is 17.6. The molecule has 0 spiro atoms. The fraction of sp³-hybridized carbons (Fsp3) is 0.348. The number of hydrogen-bond acceptors (Lipinski definition) is 5. The molecule has 0 atom stereocenters. The molecule has 30 heavy (non-hydrogen) atoms. The van der Waals surface area contributed by atoms with Crippen molar-refractivity contribution < 1.29 is 14.3 Å². The molecule has 3 aromatic rings. The molecule has 7 heteroatoms. The van der Waals surface area contributed by atoms with Crippen molar-refractivity contribution >= 4 is 16.8 Å². The zero-order chi connectivity index (χ0) is 21.5. The number of carbonyl (C=O) groups is 1. The zero-order valence-corrected chi connectivity index (χ0v) is 17.6. The van der Waals surface area contributed by atoms with Gasteiger partial charge in [0.1, 0.15) is 5.56 Å². The third kappa shape index (κ3) is 4.62. The minimum atomic E-state index is -0.421. The van der Waals surface area contributed by atoms with Crippen molar-refractivity contribution in [3.05, 3.63) is 64.2 Å². The summed E-state index contributed by atoms with van der Waals surface area (Å²) in [7, 11) is 3.21. The Morgan fingerprint density at radius 1 is 1.17 bits per heavy atom. The summed E-state index contributed by atoms with van der Waals surface area (Å²) in [6, 6.07) is 8.85. The Morgan fingerprint density at radius 3 is 2.63 bits per heavy atom. The molecule has 0 saturated carbocycles. The summed E-state index contributed by atoms with van der Waals surface area (Å²) in [6.45, 7) is 2.98. The van der Waals surface area contributed by atoms with E-state index in [2.05, 4.69) is 17.2 Å². The second-order valence-electron chi connectivity index (χ2n) is 7.05. The fourth-order valence-electron chi connectivity index (χ4n) is 3.30. The van der Waals surface area contributed by atoms with Crippen LogP contribution in [-0.4, -0.2) is 29.2 Å². The van der Waals surface area contributed by atoms with Crippen LogP contribution in [-0.2, 0) is 13.6 Å². The van der Waals surface area contributed by atoms with Gasteiger partial charge in [0.25, 0.3) is 11.5 Å². The molecule has 0 saturated heterocycles. The summed E-state index contributed by atoms with van der Waals surface area (Å²) in [6.07, 6.45) is 6.39. The Morgan fingerprint density at radius 2 is 1.93 bits per heavy atom. The first-order valence-electron chi connectivity index (χ1n) is 10.1. The normalized spacial score (nSPS) is 10.8. The second-order valence-corrected chi connectivity index (χ2v) is 7.05. The van der Waals surface area contributed by atoms with Gasteiger partial charge in [-0.1, -0.05) is 19.8 Å². The van der Waals surface area contributed by atoms with E-state index in [-0.39, 0.29) is 11.1 Å². The SMILES string of the molecule is CCCCCOc1c(OC)ccc2cc(C(=O)NCc3ccncc3)c(=O)n(C)c12. The predicted octanol–water partition coefficient (Wildman–Crippen LogP) is 3.44. The molecule has 1 N–H and O–H groups in total. The molecule has 2 heterocycles. The smallest absolute Gasteiger partial charge is 0.263 e. The standard InChI is InChI=1S/C23H27N3O4/c1-4-5-6-13-30-21-19(29-3)8-7-17-14-18(23(28)26(2)20(17)21)22(27)25-15-16-9-11-24-12-10-16/h7-12,14H,4-6,13,15H2,1-3H3,(H,25,27). The van der Waals surface area contributed by atoms with Gasteiger partial charge in [0, 0.05) is 31.4 Å². The molecule has 3 rings (SSSR count). The highest BCUT2D eigenvalue weighted by molar-refractivity contribution is 5.98. The molecule has 0 aliphatic heterocycles. The lowest BCUT2D eigenvalue weighted by Crippen LogP contribution is -2.32. The Bertz CT molecular complexity index is 1080. The molecule has 0 fully saturated rings. The van der Waals surface area contributed by atoms with Gasteiger partial charge in [0.15, 0.2) is 11.5 Å². The number of carbonyl (C=O) groups excluding carboxylic acids is 1. The number of rotatable bonds is 9. The van der Waals surface area contributed by atoms with E-state index in [1.165, 1.54) is 4.57 Å². The quantitative estimate of drug-likeness (QED) is 0.548. The Kier molecular flexibility index (Phi) is 7.06. The first-order valence-corrected chi connectivity index (χ1v) is 10.1. The maximum absolute atomic E-state index is 13.0. The highest BCUT2D eigenvalue weighted by Crippen LogP contribution is 2.35. The third-order valence-corrected chi connectivity index (χ3v) is 4.96. The molecule has 0 bridgehead atoms. The minimum absolute atomic E-state index is 0.0844. The van der Waals surface area contributed by atoms with Crippen LogP contribution in [0.2, 0.25) is 0 Å². The van der Waals surface area contributed by atoms with Crippen LogP contribution in [0.15, 0.2) is 47.5 Å². The number of ether oxygens (including phenoxy) is 2. The van der Waals surface area contributed by atoms with Gasteiger partial charge < -0.3 is 19.4 Å². The van der Waals surface area contributed by atoms with Gasteiger partial charge in [-0.25, -0.2) is 0 Å². The van der Waals surface area contributed by atoms with Gasteiger partial charge >= 0.3 is 0 Å². The largest absolute Gasteiger partial charge is 0.493 e. The van der Waals surface area contributed by atoms with Gasteiger partial charge in [-0.2, -0.15) is 0 Å². The number of aryl methyl sites for hydroxylation is 1. The number of pyridine rings is 2. The van der Waals surface area contributed by atoms with Crippen molar-refractivity contribution in [3.8, 4) is 11.5 Å². The number of nitrogens with one attached hydrogen (secondary N) is 1. The second kappa shape index (κ2) is 9.91. The average Bonchev–Trinajstić information content (AvgIpc) is 2.77. The van der Waals surface area contributed by atoms with Gasteiger partial charge in [-0.3, -0.25) is 14.6 Å². The molecule has 0 aliphatic rings. The molecule has 0 radical (unpaired) electrons. The lowest BCUT2D eigenvalue weighted by atomic mass is 10.1. The lowest BCUT2D eigenvalue weighted by molar-refractivity contribution is 0.0949. The van der Waals surface area contributed by atoms with Gasteiger partial charge in [0.2, 0.25) is 0 Å². The van der Waals surface area contributed by atoms with Crippen LogP contribution in [0.3, 0.4) is 0 Å². The molecule has 0 aliphatic carbocycles. The number of methoxy groups -OCH3 is 1. The van der Waals surface area contributed by atoms with E-state index in [0.29, 0.717) is 30.2 Å². The molecule has 2 aromatic heterocycles. The summed E-state index contributed by atoms with van der Waals surface area (Å²) >= 11 is 0. The average molecular weight is 409 g/mol. The van der Waals surface area contributed by atoms with E-state index < -0.39 is 5.91 Å². The molecule has 158 valence electrons. The molecular weight excluding hydrogens is 382 g/mol. The van der Waals surface area contributed by atoms with Crippen molar-refractivity contribution in [3.63, 3.8) is 0 Å². The highest BCUT2D eigenvalue weighted by Gasteiger charge is 2.19. The Hall–Kier alpha value is -3.35. The van der Waals surface area contributed by atoms with Crippen molar-refractivity contribution in [1.29, 1.82) is 0 Å². The van der Waals surface area contributed by atoms with Gasteiger partial charge in [0.05, 0.1) is 19.2 Å². The summed E-state index contributed by atoms with van der Waals surface area (Å²) in [4.78, 5) is 29.6. The number of fused-ring (bicyclic) bond motifs is 1. The topological polar surface area (TPSA) is 82.5 Å². The lowest BCUT2D eigenvalue weighted by Gasteiger charge is -2.16. The van der Waals surface area contributed by atoms with E-state index >= 15 is 0 Å². The van der Waals surface area contributed by atoms with E-state index in [4.69, 9.17) is 9.47 Å². The number of nitrogens with zero attached hydrogens (tertiary/aromatic N) is 2. The summed E-state index contributed by atoms with van der Waals surface area (Å²) in [5, 5.41) is 3.53. The van der Waals surface area contributed by atoms with Crippen LogP contribution in [0.5, 0.6) is 11.5 Å². The van der Waals surface area contributed by atoms with Crippen molar-refractivity contribution in [2.24, 2.45) is 7.05 Å². The van der Waals surface area contributed by atoms with Gasteiger partial charge in [-0.05, 0) is 42.3 Å². The Balaban J connectivity index is 1.94. The van der Waals surface area contributed by atoms with Crippen molar-refractivity contribution in [1.82, 2.24) is 14.9 Å². The van der Waals surface area contributed by atoms with E-state index in [1.807, 2.05) is 18.2 Å². The summed E-state index contributed by atoms with van der Waals surface area (Å²) in [5.74, 6) is 0.661. The van der Waals surface area contributed by atoms with Crippen LogP contribution in [0.4, 0.5) is 0 Å². The Labute approximate surface area is 175 Å². The number of hydrogen-bond donors (Lipinski definition) is 1.